The summed E-state index contributed by atoms with van der Waals surface area (Å²) in [5, 5.41) is 0.305. The molecule has 0 N–H and O–H groups in total. The molecular weight excluding hydrogens is 644 g/mol. The number of anilines is 1. The number of likely N-dealkylation sites (tertiary alicyclic amines) is 1. The van der Waals surface area contributed by atoms with Gasteiger partial charge in [-0.05, 0) is 87.8 Å². The van der Waals surface area contributed by atoms with E-state index in [1.165, 1.54) is 49.5 Å². The number of fused-ring (bicyclic) bond motifs is 1. The van der Waals surface area contributed by atoms with E-state index in [0.717, 1.165) is 9.87 Å². The number of amides is 2. The van der Waals surface area contributed by atoms with E-state index in [-0.39, 0.29) is 16.6 Å². The molecule has 0 aliphatic carbocycles. The summed E-state index contributed by atoms with van der Waals surface area (Å²) in [6.07, 6.45) is -0.437. The van der Waals surface area contributed by atoms with Gasteiger partial charge in [-0.2, -0.15) is 0 Å². The summed E-state index contributed by atoms with van der Waals surface area (Å²) in [4.78, 5) is 33.4. The smallest absolute Gasteiger partial charge is 0.410 e. The molecule has 0 saturated carbocycles. The molecule has 11 nitrogen and oxygen atoms in total. The number of benzene rings is 3. The quantitative estimate of drug-likeness (QED) is 0.281. The molecule has 2 aliphatic rings. The van der Waals surface area contributed by atoms with Crippen molar-refractivity contribution < 1.29 is 32.2 Å². The second-order valence-corrected chi connectivity index (χ2v) is 14.5. The highest BCUT2D eigenvalue weighted by Gasteiger charge is 2.63. The van der Waals surface area contributed by atoms with Crippen LogP contribution in [0.3, 0.4) is 0 Å². The zero-order chi connectivity index (χ0) is 34.3. The Labute approximate surface area is 281 Å². The fourth-order valence-electron chi connectivity index (χ4n) is 6.20. The minimum Gasteiger partial charge on any atom is -0.497 e. The third kappa shape index (κ3) is 6.03. The third-order valence-corrected chi connectivity index (χ3v) is 10.8. The molecule has 3 aromatic rings. The minimum absolute atomic E-state index is 0.0978. The Kier molecular flexibility index (Phi) is 9.79. The van der Waals surface area contributed by atoms with Crippen LogP contribution in [0.2, 0.25) is 5.02 Å². The molecule has 13 heteroatoms. The normalized spacial score (nSPS) is 19.7. The lowest BCUT2D eigenvalue weighted by Crippen LogP contribution is -2.57. The van der Waals surface area contributed by atoms with Gasteiger partial charge in [0, 0.05) is 49.4 Å². The lowest BCUT2D eigenvalue weighted by atomic mass is 9.81. The zero-order valence-corrected chi connectivity index (χ0v) is 29.3. The first-order valence-electron chi connectivity index (χ1n) is 15.3. The van der Waals surface area contributed by atoms with Crippen LogP contribution in [0.5, 0.6) is 11.5 Å². The molecule has 0 aromatic heterocycles. The van der Waals surface area contributed by atoms with Gasteiger partial charge in [-0.15, -0.1) is 0 Å². The monoisotopic (exact) mass is 684 g/mol. The predicted octanol–water partition coefficient (Wildman–Crippen LogP) is 5.30. The molecule has 0 bridgehead atoms. The van der Waals surface area contributed by atoms with Crippen molar-refractivity contribution in [1.82, 2.24) is 14.7 Å². The van der Waals surface area contributed by atoms with Gasteiger partial charge in [-0.25, -0.2) is 22.4 Å². The number of methoxy groups -OCH3 is 2. The van der Waals surface area contributed by atoms with Crippen LogP contribution in [0, 0.1) is 0 Å². The number of hydrogen-bond acceptors (Lipinski definition) is 9. The number of sulfonamides is 1. The molecule has 0 radical (unpaired) electrons. The number of rotatable bonds is 10. The second kappa shape index (κ2) is 13.3. The van der Waals surface area contributed by atoms with Gasteiger partial charge in [0.15, 0.2) is 11.8 Å². The largest absolute Gasteiger partial charge is 0.497 e. The molecule has 2 atom stereocenters. The number of ether oxygens (including phenoxy) is 3. The van der Waals surface area contributed by atoms with Gasteiger partial charge in [-0.3, -0.25) is 9.69 Å². The number of carbonyl (C=O) groups is 2. The molecule has 47 heavy (non-hydrogen) atoms. The van der Waals surface area contributed by atoms with Crippen molar-refractivity contribution in [3.8, 4) is 11.5 Å². The highest BCUT2D eigenvalue weighted by molar-refractivity contribution is 7.93. The Bertz CT molecular complexity index is 1770. The second-order valence-electron chi connectivity index (χ2n) is 12.2. The molecule has 1 saturated heterocycles. The van der Waals surface area contributed by atoms with Gasteiger partial charge in [0.1, 0.15) is 11.5 Å². The van der Waals surface area contributed by atoms with Crippen molar-refractivity contribution in [2.75, 3.05) is 46.2 Å². The Balaban J connectivity index is 1.79. The maximum atomic E-state index is 15.3. The van der Waals surface area contributed by atoms with Crippen LogP contribution >= 0.6 is 11.6 Å². The first-order chi connectivity index (χ1) is 22.3. The van der Waals surface area contributed by atoms with E-state index in [1.807, 2.05) is 19.2 Å². The van der Waals surface area contributed by atoms with Gasteiger partial charge < -0.3 is 19.1 Å². The molecule has 1 unspecified atom stereocenters. The maximum Gasteiger partial charge on any atom is 0.410 e. The summed E-state index contributed by atoms with van der Waals surface area (Å²) in [5.74, 6) is 0.0877. The Hall–Kier alpha value is -3.84. The zero-order valence-electron chi connectivity index (χ0n) is 27.7. The highest BCUT2D eigenvalue weighted by Crippen LogP contribution is 2.55. The van der Waals surface area contributed by atoms with E-state index >= 15 is 4.79 Å². The minimum atomic E-state index is -4.46. The van der Waals surface area contributed by atoms with E-state index < -0.39 is 33.8 Å². The van der Waals surface area contributed by atoms with Crippen molar-refractivity contribution in [3.63, 3.8) is 0 Å². The summed E-state index contributed by atoms with van der Waals surface area (Å²) in [6.45, 7) is 5.13. The molecule has 2 heterocycles. The lowest BCUT2D eigenvalue weighted by molar-refractivity contribution is -0.132. The summed E-state index contributed by atoms with van der Waals surface area (Å²) < 4.78 is 46.9. The van der Waals surface area contributed by atoms with Crippen LogP contribution in [0.1, 0.15) is 43.4 Å². The van der Waals surface area contributed by atoms with Crippen molar-refractivity contribution >= 4 is 39.3 Å². The summed E-state index contributed by atoms with van der Waals surface area (Å²) >= 11 is 6.61. The maximum absolute atomic E-state index is 15.3. The van der Waals surface area contributed by atoms with E-state index in [1.54, 1.807) is 37.2 Å². The first kappa shape index (κ1) is 34.5. The fraction of sp³-hybridized carbons (Fsp3) is 0.412. The highest BCUT2D eigenvalue weighted by atomic mass is 35.5. The summed E-state index contributed by atoms with van der Waals surface area (Å²) in [5.41, 5.74) is 0.0373. The number of nitrogens with zero attached hydrogens (tertiary/aromatic N) is 4. The molecule has 2 amide bonds. The van der Waals surface area contributed by atoms with E-state index in [9.17, 15) is 13.2 Å². The lowest BCUT2D eigenvalue weighted by Gasteiger charge is -2.41. The average Bonchev–Trinajstić information content (AvgIpc) is 3.60. The van der Waals surface area contributed by atoms with Crippen LogP contribution in [0.25, 0.3) is 0 Å². The number of halogens is 1. The number of carbonyl (C=O) groups excluding carboxylic acids is 2. The predicted molar refractivity (Wildman–Crippen MR) is 179 cm³/mol. The molecule has 0 spiro atoms. The third-order valence-electron chi connectivity index (χ3n) is 8.86. The van der Waals surface area contributed by atoms with Gasteiger partial charge in [-0.1, -0.05) is 23.7 Å². The molecule has 1 fully saturated rings. The van der Waals surface area contributed by atoms with Crippen molar-refractivity contribution in [2.24, 2.45) is 0 Å². The van der Waals surface area contributed by atoms with Gasteiger partial charge in [0.2, 0.25) is 0 Å². The first-order valence-corrected chi connectivity index (χ1v) is 17.1. The van der Waals surface area contributed by atoms with Gasteiger partial charge >= 0.3 is 6.09 Å². The Morgan fingerprint density at radius 3 is 2.32 bits per heavy atom. The van der Waals surface area contributed by atoms with Gasteiger partial charge in [0.05, 0.1) is 24.8 Å². The van der Waals surface area contributed by atoms with Crippen LogP contribution < -0.4 is 13.8 Å². The Morgan fingerprint density at radius 1 is 1.00 bits per heavy atom. The molecule has 252 valence electrons. The van der Waals surface area contributed by atoms with Crippen LogP contribution in [0.4, 0.5) is 10.5 Å². The van der Waals surface area contributed by atoms with Crippen molar-refractivity contribution in [1.29, 1.82) is 0 Å². The topological polar surface area (TPSA) is 109 Å². The van der Waals surface area contributed by atoms with Crippen LogP contribution in [-0.4, -0.2) is 89.3 Å². The number of hydrogen-bond donors (Lipinski definition) is 0. The standard InChI is InChI=1S/C34H41ClN4O7S/c1-22(2)37(5)21-23-10-16-27(30(19-23)45-7)34(38-18-8-9-31(38)46-33(41)36(3)4)28-20-24(35)11-17-29(28)39(32(34)40)47(42,43)26-14-12-25(44-6)13-15-26/h10-17,19-20,22,31H,8-9,18,21H2,1-7H3/t31-,34?/m0/s1. The Morgan fingerprint density at radius 2 is 1.70 bits per heavy atom. The van der Waals surface area contributed by atoms with E-state index in [0.29, 0.717) is 53.6 Å². The average molecular weight is 685 g/mol. The van der Waals surface area contributed by atoms with Crippen LogP contribution in [0.15, 0.2) is 65.6 Å². The molecule has 3 aromatic carbocycles. The molecule has 2 aliphatic heterocycles. The fourth-order valence-corrected chi connectivity index (χ4v) is 7.83. The molecule has 5 rings (SSSR count). The van der Waals surface area contributed by atoms with E-state index in [2.05, 4.69) is 18.7 Å². The van der Waals surface area contributed by atoms with Gasteiger partial charge in [0.25, 0.3) is 15.9 Å². The van der Waals surface area contributed by atoms with Crippen molar-refractivity contribution in [2.45, 2.75) is 55.9 Å². The van der Waals surface area contributed by atoms with Crippen molar-refractivity contribution in [3.05, 3.63) is 82.4 Å². The summed E-state index contributed by atoms with van der Waals surface area (Å²) in [7, 11) is 3.70. The molecular formula is C34H41ClN4O7S. The van der Waals surface area contributed by atoms with Crippen LogP contribution in [-0.2, 0) is 31.6 Å². The SMILES string of the molecule is COc1ccc(S(=O)(=O)N2C(=O)C(c3ccc(CN(C)C(C)C)cc3OC)(N3CCC[C@@H]3OC(=O)N(C)C)c3cc(Cl)ccc32)cc1. The van der Waals surface area contributed by atoms with E-state index in [4.69, 9.17) is 25.8 Å². The summed E-state index contributed by atoms with van der Waals surface area (Å²) in [6, 6.07) is 16.4.